The zero-order valence-electron chi connectivity index (χ0n) is 17.2. The highest BCUT2D eigenvalue weighted by Gasteiger charge is 2.18. The zero-order valence-corrected chi connectivity index (χ0v) is 17.2. The Labute approximate surface area is 175 Å². The zero-order chi connectivity index (χ0) is 21.5. The second-order valence-electron chi connectivity index (χ2n) is 6.94. The number of aliphatic imine (C=N–C) groups is 2. The molecule has 0 aromatic carbocycles. The molecule has 0 unspecified atom stereocenters. The van der Waals surface area contributed by atoms with Crippen LogP contribution in [0.5, 0.6) is 5.88 Å². The molecule has 0 aliphatic heterocycles. The van der Waals surface area contributed by atoms with Gasteiger partial charge < -0.3 is 26.8 Å². The van der Waals surface area contributed by atoms with Gasteiger partial charge in [-0.25, -0.2) is 20.0 Å². The van der Waals surface area contributed by atoms with Crippen molar-refractivity contribution in [2.24, 2.45) is 21.5 Å². The SMILES string of the molecule is C=C(N)N=C(C)N=C(N)c1cnc(NC2CCCC2)nc1Nc1ccc(OC)nc1. The maximum atomic E-state index is 6.21. The fourth-order valence-corrected chi connectivity index (χ4v) is 3.17. The summed E-state index contributed by atoms with van der Waals surface area (Å²) in [5.41, 5.74) is 13.0. The third-order valence-corrected chi connectivity index (χ3v) is 4.55. The third kappa shape index (κ3) is 5.66. The first-order valence-electron chi connectivity index (χ1n) is 9.69. The van der Waals surface area contributed by atoms with E-state index in [1.54, 1.807) is 32.5 Å². The van der Waals surface area contributed by atoms with Gasteiger partial charge in [0.15, 0.2) is 0 Å². The number of ether oxygens (including phenoxy) is 1. The van der Waals surface area contributed by atoms with E-state index in [2.05, 4.69) is 42.1 Å². The van der Waals surface area contributed by atoms with Crippen LogP contribution < -0.4 is 26.8 Å². The number of rotatable bonds is 7. The summed E-state index contributed by atoms with van der Waals surface area (Å²) in [6.07, 6.45) is 7.92. The number of nitrogens with one attached hydrogen (secondary N) is 2. The smallest absolute Gasteiger partial charge is 0.224 e. The van der Waals surface area contributed by atoms with E-state index in [4.69, 9.17) is 16.2 Å². The Morgan fingerprint density at radius 2 is 1.93 bits per heavy atom. The highest BCUT2D eigenvalue weighted by Crippen LogP contribution is 2.24. The number of amidine groups is 2. The second kappa shape index (κ2) is 9.68. The summed E-state index contributed by atoms with van der Waals surface area (Å²) in [5, 5.41) is 6.62. The van der Waals surface area contributed by atoms with Gasteiger partial charge in [-0.2, -0.15) is 4.98 Å². The number of nitrogens with zero attached hydrogens (tertiary/aromatic N) is 5. The molecule has 2 aromatic rings. The predicted molar refractivity (Wildman–Crippen MR) is 119 cm³/mol. The van der Waals surface area contributed by atoms with E-state index in [0.29, 0.717) is 35.1 Å². The Bertz CT molecular complexity index is 947. The van der Waals surface area contributed by atoms with Gasteiger partial charge in [-0.05, 0) is 25.8 Å². The Morgan fingerprint density at radius 3 is 2.57 bits per heavy atom. The van der Waals surface area contributed by atoms with Crippen LogP contribution in [0.15, 0.2) is 46.9 Å². The van der Waals surface area contributed by atoms with Gasteiger partial charge >= 0.3 is 0 Å². The fraction of sp³-hybridized carbons (Fsp3) is 0.350. The van der Waals surface area contributed by atoms with E-state index >= 15 is 0 Å². The first-order chi connectivity index (χ1) is 14.4. The van der Waals surface area contributed by atoms with Crippen molar-refractivity contribution in [1.82, 2.24) is 15.0 Å². The summed E-state index contributed by atoms with van der Waals surface area (Å²) in [5.74, 6) is 2.28. The lowest BCUT2D eigenvalue weighted by atomic mass is 10.2. The van der Waals surface area contributed by atoms with Crippen LogP contribution in [-0.2, 0) is 0 Å². The Kier molecular flexibility index (Phi) is 6.79. The molecular weight excluding hydrogens is 382 g/mol. The van der Waals surface area contributed by atoms with E-state index in [0.717, 1.165) is 18.5 Å². The first-order valence-corrected chi connectivity index (χ1v) is 9.69. The Hall–Kier alpha value is -3.69. The van der Waals surface area contributed by atoms with Crippen LogP contribution >= 0.6 is 0 Å². The van der Waals surface area contributed by atoms with Gasteiger partial charge in [0.05, 0.1) is 24.6 Å². The minimum atomic E-state index is 0.152. The molecule has 0 atom stereocenters. The Morgan fingerprint density at radius 1 is 1.17 bits per heavy atom. The number of methoxy groups -OCH3 is 1. The lowest BCUT2D eigenvalue weighted by molar-refractivity contribution is 0.398. The van der Waals surface area contributed by atoms with Crippen molar-refractivity contribution in [2.45, 2.75) is 38.6 Å². The highest BCUT2D eigenvalue weighted by atomic mass is 16.5. The summed E-state index contributed by atoms with van der Waals surface area (Å²) < 4.78 is 5.11. The minimum Gasteiger partial charge on any atom is -0.481 e. The van der Waals surface area contributed by atoms with Gasteiger partial charge in [0.25, 0.3) is 0 Å². The van der Waals surface area contributed by atoms with Crippen molar-refractivity contribution in [3.8, 4) is 5.88 Å². The maximum absolute atomic E-state index is 6.21. The number of nitrogens with two attached hydrogens (primary N) is 2. The van der Waals surface area contributed by atoms with Crippen molar-refractivity contribution in [2.75, 3.05) is 17.7 Å². The summed E-state index contributed by atoms with van der Waals surface area (Å²) in [6.45, 7) is 5.22. The van der Waals surface area contributed by atoms with Crippen molar-refractivity contribution < 1.29 is 4.74 Å². The van der Waals surface area contributed by atoms with E-state index in [1.807, 2.05) is 6.07 Å². The largest absolute Gasteiger partial charge is 0.481 e. The van der Waals surface area contributed by atoms with E-state index in [9.17, 15) is 0 Å². The van der Waals surface area contributed by atoms with E-state index < -0.39 is 0 Å². The monoisotopic (exact) mass is 409 g/mol. The summed E-state index contributed by atoms with van der Waals surface area (Å²) in [6, 6.07) is 3.96. The number of anilines is 3. The summed E-state index contributed by atoms with van der Waals surface area (Å²) >= 11 is 0. The number of hydrogen-bond acceptors (Lipinski definition) is 8. The van der Waals surface area contributed by atoms with Crippen LogP contribution in [0.4, 0.5) is 17.5 Å². The van der Waals surface area contributed by atoms with E-state index in [-0.39, 0.29) is 11.7 Å². The molecular formula is C20H27N9O. The van der Waals surface area contributed by atoms with Gasteiger partial charge in [-0.1, -0.05) is 19.4 Å². The van der Waals surface area contributed by atoms with Gasteiger partial charge in [0.2, 0.25) is 11.8 Å². The number of aromatic nitrogens is 3. The van der Waals surface area contributed by atoms with Crippen molar-refractivity contribution in [1.29, 1.82) is 0 Å². The maximum Gasteiger partial charge on any atom is 0.224 e. The van der Waals surface area contributed by atoms with Gasteiger partial charge in [-0.3, -0.25) is 0 Å². The number of hydrogen-bond donors (Lipinski definition) is 4. The van der Waals surface area contributed by atoms with Crippen LogP contribution in [0.3, 0.4) is 0 Å². The standard InChI is InChI=1S/C20H27N9O/c1-12(21)25-13(2)26-18(22)16-11-24-20(28-14-6-4-5-7-14)29-19(16)27-15-8-9-17(30-3)23-10-15/h8-11,14H,1,4-7,21H2,2-3H3,(H2,22,25,26)(H2,24,27,28,29). The molecule has 10 heteroatoms. The molecule has 0 amide bonds. The molecule has 2 heterocycles. The van der Waals surface area contributed by atoms with Crippen LogP contribution in [0, 0.1) is 0 Å². The fourth-order valence-electron chi connectivity index (χ4n) is 3.17. The van der Waals surface area contributed by atoms with Crippen LogP contribution in [0.25, 0.3) is 0 Å². The number of pyridine rings is 1. The van der Waals surface area contributed by atoms with Crippen LogP contribution in [0.2, 0.25) is 0 Å². The van der Waals surface area contributed by atoms with Crippen molar-refractivity contribution in [3.63, 3.8) is 0 Å². The lowest BCUT2D eigenvalue weighted by Crippen LogP contribution is -2.21. The average Bonchev–Trinajstić information content (AvgIpc) is 3.21. The van der Waals surface area contributed by atoms with Crippen molar-refractivity contribution in [3.05, 3.63) is 42.5 Å². The molecule has 0 radical (unpaired) electrons. The molecule has 10 nitrogen and oxygen atoms in total. The molecule has 0 spiro atoms. The summed E-state index contributed by atoms with van der Waals surface area (Å²) in [7, 11) is 1.57. The molecule has 1 aliphatic carbocycles. The first kappa shape index (κ1) is 21.0. The molecule has 1 fully saturated rings. The molecule has 2 aromatic heterocycles. The third-order valence-electron chi connectivity index (χ3n) is 4.55. The molecule has 1 saturated carbocycles. The normalized spacial score (nSPS) is 15.1. The quantitative estimate of drug-likeness (QED) is 0.402. The predicted octanol–water partition coefficient (Wildman–Crippen LogP) is 2.53. The van der Waals surface area contributed by atoms with Gasteiger partial charge in [0.1, 0.15) is 23.3 Å². The molecule has 1 aliphatic rings. The molecule has 158 valence electrons. The highest BCUT2D eigenvalue weighted by molar-refractivity contribution is 6.07. The Balaban J connectivity index is 1.92. The minimum absolute atomic E-state index is 0.152. The topological polar surface area (TPSA) is 149 Å². The van der Waals surface area contributed by atoms with Crippen LogP contribution in [0.1, 0.15) is 38.2 Å². The lowest BCUT2D eigenvalue weighted by Gasteiger charge is -2.15. The van der Waals surface area contributed by atoms with Gasteiger partial charge in [-0.15, -0.1) is 0 Å². The molecule has 3 rings (SSSR count). The second-order valence-corrected chi connectivity index (χ2v) is 6.94. The average molecular weight is 409 g/mol. The van der Waals surface area contributed by atoms with Gasteiger partial charge in [0, 0.05) is 18.3 Å². The molecule has 30 heavy (non-hydrogen) atoms. The van der Waals surface area contributed by atoms with Crippen molar-refractivity contribution >= 4 is 29.1 Å². The van der Waals surface area contributed by atoms with Crippen LogP contribution in [-0.4, -0.2) is 39.8 Å². The summed E-state index contributed by atoms with van der Waals surface area (Å²) in [4.78, 5) is 21.5. The molecule has 0 saturated heterocycles. The molecule has 0 bridgehead atoms. The van der Waals surface area contributed by atoms with E-state index in [1.165, 1.54) is 12.8 Å². The molecule has 6 N–H and O–H groups in total.